The topological polar surface area (TPSA) is 98.7 Å². The molecule has 0 saturated carbocycles. The Hall–Kier alpha value is -2.67. The SMILES string of the molecule is CCN(C(=O)C(C)NC(C)=O)C(CCO)C(=O)NCC=Cc1ccccc1. The summed E-state index contributed by atoms with van der Waals surface area (Å²) >= 11 is 0. The van der Waals surface area contributed by atoms with E-state index in [9.17, 15) is 19.5 Å². The molecule has 1 aromatic carbocycles. The smallest absolute Gasteiger partial charge is 0.245 e. The second kappa shape index (κ2) is 11.9. The number of rotatable bonds is 10. The van der Waals surface area contributed by atoms with Crippen molar-refractivity contribution in [1.82, 2.24) is 15.5 Å². The summed E-state index contributed by atoms with van der Waals surface area (Å²) in [4.78, 5) is 37.7. The van der Waals surface area contributed by atoms with Crippen LogP contribution in [0.4, 0.5) is 0 Å². The number of nitrogens with one attached hydrogen (secondary N) is 2. The number of carbonyl (C=O) groups excluding carboxylic acids is 3. The van der Waals surface area contributed by atoms with Gasteiger partial charge in [-0.25, -0.2) is 0 Å². The van der Waals surface area contributed by atoms with Crippen molar-refractivity contribution in [2.24, 2.45) is 0 Å². The summed E-state index contributed by atoms with van der Waals surface area (Å²) < 4.78 is 0. The van der Waals surface area contributed by atoms with Crippen LogP contribution in [0.15, 0.2) is 36.4 Å². The van der Waals surface area contributed by atoms with Crippen molar-refractivity contribution in [3.05, 3.63) is 42.0 Å². The van der Waals surface area contributed by atoms with E-state index in [-0.39, 0.29) is 30.7 Å². The average Bonchev–Trinajstić information content (AvgIpc) is 2.65. The predicted molar refractivity (Wildman–Crippen MR) is 105 cm³/mol. The maximum absolute atomic E-state index is 12.6. The lowest BCUT2D eigenvalue weighted by molar-refractivity contribution is -0.143. The van der Waals surface area contributed by atoms with Crippen LogP contribution in [0.1, 0.15) is 32.8 Å². The minimum absolute atomic E-state index is 0.126. The quantitative estimate of drug-likeness (QED) is 0.567. The fourth-order valence-electron chi connectivity index (χ4n) is 2.73. The highest BCUT2D eigenvalue weighted by atomic mass is 16.3. The molecule has 0 spiro atoms. The summed E-state index contributed by atoms with van der Waals surface area (Å²) in [6.45, 7) is 5.03. The lowest BCUT2D eigenvalue weighted by Gasteiger charge is -2.31. The zero-order valence-corrected chi connectivity index (χ0v) is 16.1. The lowest BCUT2D eigenvalue weighted by Crippen LogP contribution is -2.55. The van der Waals surface area contributed by atoms with Gasteiger partial charge in [0.05, 0.1) is 0 Å². The van der Waals surface area contributed by atoms with Crippen molar-refractivity contribution in [2.75, 3.05) is 19.7 Å². The van der Waals surface area contributed by atoms with Crippen molar-refractivity contribution in [2.45, 2.75) is 39.3 Å². The van der Waals surface area contributed by atoms with Crippen LogP contribution in [0, 0.1) is 0 Å². The highest BCUT2D eigenvalue weighted by Gasteiger charge is 2.30. The normalized spacial score (nSPS) is 13.0. The molecule has 0 aliphatic carbocycles. The van der Waals surface area contributed by atoms with Crippen molar-refractivity contribution in [1.29, 1.82) is 0 Å². The van der Waals surface area contributed by atoms with E-state index in [0.717, 1.165) is 5.56 Å². The molecular weight excluding hydrogens is 346 g/mol. The van der Waals surface area contributed by atoms with E-state index < -0.39 is 12.1 Å². The molecule has 0 bridgehead atoms. The zero-order valence-electron chi connectivity index (χ0n) is 16.1. The summed E-state index contributed by atoms with van der Waals surface area (Å²) in [6.07, 6.45) is 3.84. The third kappa shape index (κ3) is 7.62. The molecule has 2 unspecified atom stereocenters. The molecule has 0 aromatic heterocycles. The van der Waals surface area contributed by atoms with Gasteiger partial charge in [-0.1, -0.05) is 42.5 Å². The number of aliphatic hydroxyl groups excluding tert-OH is 1. The summed E-state index contributed by atoms with van der Waals surface area (Å²) in [5, 5.41) is 14.6. The first-order valence-corrected chi connectivity index (χ1v) is 9.08. The largest absolute Gasteiger partial charge is 0.396 e. The Bertz CT molecular complexity index is 646. The van der Waals surface area contributed by atoms with Crippen LogP contribution in [-0.4, -0.2) is 59.5 Å². The monoisotopic (exact) mass is 375 g/mol. The van der Waals surface area contributed by atoms with Gasteiger partial charge in [0.25, 0.3) is 0 Å². The van der Waals surface area contributed by atoms with Gasteiger partial charge >= 0.3 is 0 Å². The van der Waals surface area contributed by atoms with Crippen LogP contribution in [0.25, 0.3) is 6.08 Å². The Balaban J connectivity index is 2.72. The Morgan fingerprint density at radius 2 is 1.89 bits per heavy atom. The molecule has 0 saturated heterocycles. The molecule has 0 heterocycles. The number of benzene rings is 1. The van der Waals surface area contributed by atoms with Gasteiger partial charge in [-0.2, -0.15) is 0 Å². The number of amides is 3. The van der Waals surface area contributed by atoms with E-state index in [1.807, 2.05) is 42.5 Å². The minimum Gasteiger partial charge on any atom is -0.396 e. The van der Waals surface area contributed by atoms with Gasteiger partial charge in [-0.15, -0.1) is 0 Å². The second-order valence-electron chi connectivity index (χ2n) is 6.13. The zero-order chi connectivity index (χ0) is 20.2. The van der Waals surface area contributed by atoms with E-state index >= 15 is 0 Å². The van der Waals surface area contributed by atoms with E-state index in [0.29, 0.717) is 13.1 Å². The number of carbonyl (C=O) groups is 3. The molecule has 27 heavy (non-hydrogen) atoms. The number of hydrogen-bond acceptors (Lipinski definition) is 4. The molecule has 0 radical (unpaired) electrons. The highest BCUT2D eigenvalue weighted by Crippen LogP contribution is 2.08. The van der Waals surface area contributed by atoms with Gasteiger partial charge < -0.3 is 20.6 Å². The molecule has 3 N–H and O–H groups in total. The summed E-state index contributed by atoms with van der Waals surface area (Å²) in [7, 11) is 0. The molecule has 0 fully saturated rings. The first-order valence-electron chi connectivity index (χ1n) is 9.08. The van der Waals surface area contributed by atoms with Gasteiger partial charge in [0.15, 0.2) is 0 Å². The second-order valence-corrected chi connectivity index (χ2v) is 6.13. The number of aliphatic hydroxyl groups is 1. The van der Waals surface area contributed by atoms with Gasteiger partial charge in [0.1, 0.15) is 12.1 Å². The maximum atomic E-state index is 12.6. The van der Waals surface area contributed by atoms with E-state index in [4.69, 9.17) is 0 Å². The summed E-state index contributed by atoms with van der Waals surface area (Å²) in [5.41, 5.74) is 1.02. The first-order chi connectivity index (χ1) is 12.9. The van der Waals surface area contributed by atoms with E-state index in [1.54, 1.807) is 13.8 Å². The van der Waals surface area contributed by atoms with Gasteiger partial charge in [-0.3, -0.25) is 14.4 Å². The Morgan fingerprint density at radius 1 is 1.22 bits per heavy atom. The van der Waals surface area contributed by atoms with Crippen LogP contribution >= 0.6 is 0 Å². The molecular formula is C20H29N3O4. The summed E-state index contributed by atoms with van der Waals surface area (Å²) in [5.74, 6) is -1.02. The lowest BCUT2D eigenvalue weighted by atomic mass is 10.1. The first kappa shape index (κ1) is 22.4. The molecule has 148 valence electrons. The number of nitrogens with zero attached hydrogens (tertiary/aromatic N) is 1. The van der Waals surface area contributed by atoms with Gasteiger partial charge in [0, 0.05) is 26.6 Å². The Kier molecular flexibility index (Phi) is 9.82. The van der Waals surface area contributed by atoms with Crippen molar-refractivity contribution in [3.8, 4) is 0 Å². The van der Waals surface area contributed by atoms with Crippen LogP contribution < -0.4 is 10.6 Å². The van der Waals surface area contributed by atoms with Gasteiger partial charge in [0.2, 0.25) is 17.7 Å². The highest BCUT2D eigenvalue weighted by molar-refractivity contribution is 5.91. The predicted octanol–water partition coefficient (Wildman–Crippen LogP) is 0.940. The fourth-order valence-corrected chi connectivity index (χ4v) is 2.73. The van der Waals surface area contributed by atoms with Crippen molar-refractivity contribution >= 4 is 23.8 Å². The molecule has 0 aliphatic rings. The number of likely N-dealkylation sites (N-methyl/N-ethyl adjacent to an activating group) is 1. The van der Waals surface area contributed by atoms with E-state index in [2.05, 4.69) is 10.6 Å². The molecule has 1 rings (SSSR count). The molecule has 1 aromatic rings. The fraction of sp³-hybridized carbons (Fsp3) is 0.450. The van der Waals surface area contributed by atoms with Crippen LogP contribution in [-0.2, 0) is 14.4 Å². The molecule has 3 amide bonds. The molecule has 2 atom stereocenters. The Labute approximate surface area is 160 Å². The number of hydrogen-bond donors (Lipinski definition) is 3. The van der Waals surface area contributed by atoms with Crippen molar-refractivity contribution in [3.63, 3.8) is 0 Å². The Morgan fingerprint density at radius 3 is 2.44 bits per heavy atom. The van der Waals surface area contributed by atoms with E-state index in [1.165, 1.54) is 11.8 Å². The molecule has 0 aliphatic heterocycles. The van der Waals surface area contributed by atoms with Crippen LogP contribution in [0.3, 0.4) is 0 Å². The van der Waals surface area contributed by atoms with Crippen molar-refractivity contribution < 1.29 is 19.5 Å². The third-order valence-corrected chi connectivity index (χ3v) is 4.00. The minimum atomic E-state index is -0.797. The maximum Gasteiger partial charge on any atom is 0.245 e. The molecule has 7 nitrogen and oxygen atoms in total. The van der Waals surface area contributed by atoms with Crippen LogP contribution in [0.2, 0.25) is 0 Å². The third-order valence-electron chi connectivity index (χ3n) is 4.00. The molecule has 7 heteroatoms. The average molecular weight is 375 g/mol. The van der Waals surface area contributed by atoms with Crippen LogP contribution in [0.5, 0.6) is 0 Å². The standard InChI is InChI=1S/C20H29N3O4/c1-4-23(20(27)15(2)22-16(3)25)18(12-14-24)19(26)21-13-8-11-17-9-6-5-7-10-17/h5-11,15,18,24H,4,12-14H2,1-3H3,(H,21,26)(H,22,25). The summed E-state index contributed by atoms with van der Waals surface area (Å²) in [6, 6.07) is 8.15. The van der Waals surface area contributed by atoms with Gasteiger partial charge in [-0.05, 0) is 25.8 Å².